The Bertz CT molecular complexity index is 579. The molecular weight excluding hydrogens is 302 g/mol. The summed E-state index contributed by atoms with van der Waals surface area (Å²) < 4.78 is 0. The summed E-state index contributed by atoms with van der Waals surface area (Å²) in [6.07, 6.45) is 2.86. The normalized spacial score (nSPS) is 22.1. The summed E-state index contributed by atoms with van der Waals surface area (Å²) in [4.78, 5) is 25.1. The van der Waals surface area contributed by atoms with Gasteiger partial charge >= 0.3 is 6.03 Å². The first kappa shape index (κ1) is 15.3. The summed E-state index contributed by atoms with van der Waals surface area (Å²) in [6, 6.07) is 0.299. The lowest BCUT2D eigenvalue weighted by Crippen LogP contribution is -2.49. The van der Waals surface area contributed by atoms with Crippen molar-refractivity contribution in [1.82, 2.24) is 20.2 Å². The molecule has 2 saturated heterocycles. The Labute approximate surface area is 135 Å². The van der Waals surface area contributed by atoms with Crippen LogP contribution in [0.15, 0.2) is 0 Å². The molecule has 2 aliphatic heterocycles. The van der Waals surface area contributed by atoms with Crippen molar-refractivity contribution >= 4 is 23.4 Å². The number of urea groups is 1. The zero-order chi connectivity index (χ0) is 15.7. The van der Waals surface area contributed by atoms with Gasteiger partial charge in [0.1, 0.15) is 16.8 Å². The van der Waals surface area contributed by atoms with Crippen LogP contribution in [0.2, 0.25) is 5.15 Å². The van der Waals surface area contributed by atoms with Crippen LogP contribution >= 0.6 is 11.6 Å². The first-order chi connectivity index (χ1) is 10.6. The second-order valence-corrected chi connectivity index (χ2v) is 6.26. The lowest BCUT2D eigenvalue weighted by molar-refractivity contribution is 0.189. The number of rotatable bonds is 3. The lowest BCUT2D eigenvalue weighted by Gasteiger charge is -2.38. The lowest BCUT2D eigenvalue weighted by atomic mass is 10.0. The number of carbonyl (C=O) groups is 1. The van der Waals surface area contributed by atoms with Crippen LogP contribution < -0.4 is 10.2 Å². The quantitative estimate of drug-likeness (QED) is 0.864. The standard InChI is InChI=1S/C15H22ClN5O/c1-3-12-18-13(16)10(2)14(19-12)20-7-4-5-11(9-20)21-8-6-17-15(21)22/h11H,3-9H2,1-2H3,(H,17,22)/t11-/m0/s1. The van der Waals surface area contributed by atoms with Crippen molar-refractivity contribution in [2.24, 2.45) is 0 Å². The minimum absolute atomic E-state index is 0.0542. The number of nitrogens with one attached hydrogen (secondary N) is 1. The third-order valence-electron chi connectivity index (χ3n) is 4.45. The topological polar surface area (TPSA) is 61.4 Å². The van der Waals surface area contributed by atoms with Gasteiger partial charge in [-0.3, -0.25) is 0 Å². The van der Waals surface area contributed by atoms with E-state index in [0.717, 1.165) is 62.6 Å². The number of anilines is 1. The molecule has 0 aromatic carbocycles. The Hall–Kier alpha value is -1.56. The molecule has 2 amide bonds. The van der Waals surface area contributed by atoms with Crippen LogP contribution in [0.3, 0.4) is 0 Å². The van der Waals surface area contributed by atoms with E-state index in [1.807, 2.05) is 18.7 Å². The second kappa shape index (κ2) is 6.28. The van der Waals surface area contributed by atoms with E-state index >= 15 is 0 Å². The molecule has 0 radical (unpaired) electrons. The Morgan fingerprint density at radius 1 is 1.36 bits per heavy atom. The van der Waals surface area contributed by atoms with E-state index in [1.165, 1.54) is 0 Å². The van der Waals surface area contributed by atoms with Gasteiger partial charge in [0.2, 0.25) is 0 Å². The molecule has 1 aromatic rings. The van der Waals surface area contributed by atoms with Crippen molar-refractivity contribution in [3.05, 3.63) is 16.5 Å². The van der Waals surface area contributed by atoms with E-state index in [0.29, 0.717) is 5.15 Å². The highest BCUT2D eigenvalue weighted by Crippen LogP contribution is 2.27. The van der Waals surface area contributed by atoms with Crippen molar-refractivity contribution in [2.75, 3.05) is 31.1 Å². The van der Waals surface area contributed by atoms with Crippen LogP contribution in [0, 0.1) is 6.92 Å². The molecule has 0 saturated carbocycles. The van der Waals surface area contributed by atoms with Gasteiger partial charge in [0.05, 0.1) is 6.04 Å². The van der Waals surface area contributed by atoms with Crippen molar-refractivity contribution in [1.29, 1.82) is 0 Å². The maximum atomic E-state index is 11.9. The zero-order valence-electron chi connectivity index (χ0n) is 13.1. The molecule has 3 heterocycles. The number of piperidine rings is 1. The molecule has 0 bridgehead atoms. The van der Waals surface area contributed by atoms with Gasteiger partial charge in [-0.15, -0.1) is 0 Å². The monoisotopic (exact) mass is 323 g/mol. The first-order valence-corrected chi connectivity index (χ1v) is 8.30. The number of hydrogen-bond acceptors (Lipinski definition) is 4. The fourth-order valence-corrected chi connectivity index (χ4v) is 3.40. The van der Waals surface area contributed by atoms with Crippen LogP contribution in [0.1, 0.15) is 31.2 Å². The highest BCUT2D eigenvalue weighted by molar-refractivity contribution is 6.30. The number of carbonyl (C=O) groups excluding carboxylic acids is 1. The smallest absolute Gasteiger partial charge is 0.317 e. The van der Waals surface area contributed by atoms with Gasteiger partial charge in [-0.25, -0.2) is 14.8 Å². The molecular formula is C15H22ClN5O. The van der Waals surface area contributed by atoms with Gasteiger partial charge in [0.15, 0.2) is 0 Å². The van der Waals surface area contributed by atoms with Crippen molar-refractivity contribution in [2.45, 2.75) is 39.2 Å². The maximum absolute atomic E-state index is 11.9. The highest BCUT2D eigenvalue weighted by atomic mass is 35.5. The molecule has 0 unspecified atom stereocenters. The minimum atomic E-state index is 0.0542. The van der Waals surface area contributed by atoms with E-state index in [4.69, 9.17) is 11.6 Å². The van der Waals surface area contributed by atoms with E-state index in [1.54, 1.807) is 0 Å². The van der Waals surface area contributed by atoms with Crippen molar-refractivity contribution < 1.29 is 4.79 Å². The molecule has 0 spiro atoms. The third-order valence-corrected chi connectivity index (χ3v) is 4.82. The summed E-state index contributed by atoms with van der Waals surface area (Å²) in [5.41, 5.74) is 0.922. The number of aryl methyl sites for hydroxylation is 1. The fraction of sp³-hybridized carbons (Fsp3) is 0.667. The van der Waals surface area contributed by atoms with Gasteiger partial charge in [-0.1, -0.05) is 18.5 Å². The number of aromatic nitrogens is 2. The molecule has 1 aromatic heterocycles. The van der Waals surface area contributed by atoms with Crippen LogP contribution in [0.4, 0.5) is 10.6 Å². The average Bonchev–Trinajstić information content (AvgIpc) is 2.96. The number of nitrogens with zero attached hydrogens (tertiary/aromatic N) is 4. The van der Waals surface area contributed by atoms with Gasteiger partial charge in [0.25, 0.3) is 0 Å². The Morgan fingerprint density at radius 3 is 2.86 bits per heavy atom. The summed E-state index contributed by atoms with van der Waals surface area (Å²) in [7, 11) is 0. The molecule has 6 nitrogen and oxygen atoms in total. The number of hydrogen-bond donors (Lipinski definition) is 1. The maximum Gasteiger partial charge on any atom is 0.317 e. The zero-order valence-corrected chi connectivity index (χ0v) is 13.9. The van der Waals surface area contributed by atoms with Crippen molar-refractivity contribution in [3.8, 4) is 0 Å². The van der Waals surface area contributed by atoms with Crippen LogP contribution in [-0.4, -0.2) is 53.1 Å². The largest absolute Gasteiger partial charge is 0.354 e. The molecule has 2 aliphatic rings. The van der Waals surface area contributed by atoms with Gasteiger partial charge in [-0.05, 0) is 19.8 Å². The molecule has 22 heavy (non-hydrogen) atoms. The van der Waals surface area contributed by atoms with Crippen LogP contribution in [-0.2, 0) is 6.42 Å². The predicted molar refractivity (Wildman–Crippen MR) is 86.5 cm³/mol. The number of amides is 2. The Balaban J connectivity index is 1.82. The summed E-state index contributed by atoms with van der Waals surface area (Å²) in [6.45, 7) is 7.28. The number of halogens is 1. The summed E-state index contributed by atoms with van der Waals surface area (Å²) in [5.74, 6) is 1.69. The highest BCUT2D eigenvalue weighted by Gasteiger charge is 2.32. The molecule has 1 N–H and O–H groups in total. The van der Waals surface area contributed by atoms with E-state index in [9.17, 15) is 4.79 Å². The molecule has 7 heteroatoms. The fourth-order valence-electron chi connectivity index (χ4n) is 3.22. The summed E-state index contributed by atoms with van der Waals surface area (Å²) in [5, 5.41) is 3.41. The molecule has 2 fully saturated rings. The molecule has 120 valence electrons. The van der Waals surface area contributed by atoms with E-state index in [-0.39, 0.29) is 12.1 Å². The molecule has 0 aliphatic carbocycles. The Morgan fingerprint density at radius 2 is 2.18 bits per heavy atom. The second-order valence-electron chi connectivity index (χ2n) is 5.90. The minimum Gasteiger partial charge on any atom is -0.354 e. The molecule has 1 atom stereocenters. The van der Waals surface area contributed by atoms with Gasteiger partial charge in [0, 0.05) is 38.2 Å². The predicted octanol–water partition coefficient (Wildman–Crippen LogP) is 1.99. The molecule has 3 rings (SSSR count). The third kappa shape index (κ3) is 2.84. The first-order valence-electron chi connectivity index (χ1n) is 7.92. The van der Waals surface area contributed by atoms with Gasteiger partial charge in [-0.2, -0.15) is 0 Å². The SMILES string of the molecule is CCc1nc(Cl)c(C)c(N2CCC[C@H](N3CCNC3=O)C2)n1. The Kier molecular flexibility index (Phi) is 4.38. The summed E-state index contributed by atoms with van der Waals surface area (Å²) >= 11 is 6.25. The van der Waals surface area contributed by atoms with Crippen LogP contribution in [0.5, 0.6) is 0 Å². The van der Waals surface area contributed by atoms with Gasteiger partial charge < -0.3 is 15.1 Å². The van der Waals surface area contributed by atoms with Crippen LogP contribution in [0.25, 0.3) is 0 Å². The average molecular weight is 324 g/mol. The van der Waals surface area contributed by atoms with Crippen molar-refractivity contribution in [3.63, 3.8) is 0 Å². The van der Waals surface area contributed by atoms with E-state index in [2.05, 4.69) is 20.2 Å². The van der Waals surface area contributed by atoms with E-state index < -0.39 is 0 Å².